The molecule has 0 aliphatic carbocycles. The summed E-state index contributed by atoms with van der Waals surface area (Å²) in [7, 11) is 0. The normalized spacial score (nSPS) is 12.2. The van der Waals surface area contributed by atoms with E-state index in [0.717, 1.165) is 14.6 Å². The molecule has 2 rings (SSSR count). The van der Waals surface area contributed by atoms with Crippen molar-refractivity contribution in [2.75, 3.05) is 11.9 Å². The number of nitrogens with one attached hydrogen (secondary N) is 1. The number of aliphatic hydroxyl groups excluding tert-OH is 1. The maximum Gasteiger partial charge on any atom is 0.128 e. The molecule has 0 radical (unpaired) electrons. The Morgan fingerprint density at radius 3 is 2.32 bits per heavy atom. The molecule has 0 aliphatic rings. The molecule has 1 atom stereocenters. The van der Waals surface area contributed by atoms with E-state index in [4.69, 9.17) is 0 Å². The highest BCUT2D eigenvalue weighted by atomic mass is 79.9. The second-order valence-electron chi connectivity index (χ2n) is 4.05. The first-order chi connectivity index (χ1) is 9.10. The lowest BCUT2D eigenvalue weighted by molar-refractivity contribution is 0.274. The van der Waals surface area contributed by atoms with Crippen molar-refractivity contribution in [1.82, 2.24) is 0 Å². The number of halogens is 3. The first-order valence-corrected chi connectivity index (χ1v) is 7.26. The molecular formula is C14H12Br2FNO. The summed E-state index contributed by atoms with van der Waals surface area (Å²) in [5, 5.41) is 12.6. The summed E-state index contributed by atoms with van der Waals surface area (Å²) in [6.07, 6.45) is 0. The summed E-state index contributed by atoms with van der Waals surface area (Å²) < 4.78 is 15.5. The van der Waals surface area contributed by atoms with E-state index in [0.29, 0.717) is 5.56 Å². The topological polar surface area (TPSA) is 32.3 Å². The lowest BCUT2D eigenvalue weighted by Gasteiger charge is -2.19. The highest BCUT2D eigenvalue weighted by Gasteiger charge is 2.15. The van der Waals surface area contributed by atoms with Gasteiger partial charge in [-0.25, -0.2) is 4.39 Å². The van der Waals surface area contributed by atoms with Crippen LogP contribution in [-0.2, 0) is 0 Å². The van der Waals surface area contributed by atoms with Crippen molar-refractivity contribution in [3.8, 4) is 0 Å². The number of benzene rings is 2. The van der Waals surface area contributed by atoms with Crippen LogP contribution in [-0.4, -0.2) is 11.7 Å². The zero-order valence-corrected chi connectivity index (χ0v) is 13.1. The molecule has 0 amide bonds. The molecule has 2 N–H and O–H groups in total. The number of aliphatic hydroxyl groups is 1. The van der Waals surface area contributed by atoms with Crippen molar-refractivity contribution in [2.45, 2.75) is 6.04 Å². The van der Waals surface area contributed by atoms with Gasteiger partial charge >= 0.3 is 0 Å². The van der Waals surface area contributed by atoms with Gasteiger partial charge in [0.25, 0.3) is 0 Å². The van der Waals surface area contributed by atoms with Crippen LogP contribution in [0.3, 0.4) is 0 Å². The predicted octanol–water partition coefficient (Wildman–Crippen LogP) is 4.50. The number of hydrogen-bond acceptors (Lipinski definition) is 2. The number of hydrogen-bond donors (Lipinski definition) is 2. The maximum absolute atomic E-state index is 13.8. The molecule has 0 fully saturated rings. The summed E-state index contributed by atoms with van der Waals surface area (Å²) in [5.74, 6) is -0.341. The van der Waals surface area contributed by atoms with Gasteiger partial charge in [0.1, 0.15) is 5.82 Å². The Labute approximate surface area is 127 Å². The molecule has 5 heteroatoms. The van der Waals surface area contributed by atoms with Crippen molar-refractivity contribution in [2.24, 2.45) is 0 Å². The molecule has 0 saturated carbocycles. The third kappa shape index (κ3) is 3.78. The fourth-order valence-electron chi connectivity index (χ4n) is 1.75. The van der Waals surface area contributed by atoms with E-state index in [9.17, 15) is 9.50 Å². The van der Waals surface area contributed by atoms with Gasteiger partial charge in [-0.1, -0.05) is 31.9 Å². The number of rotatable bonds is 4. The van der Waals surface area contributed by atoms with Crippen molar-refractivity contribution in [3.05, 3.63) is 62.8 Å². The molecule has 0 saturated heterocycles. The predicted molar refractivity (Wildman–Crippen MR) is 81.7 cm³/mol. The van der Waals surface area contributed by atoms with E-state index >= 15 is 0 Å². The lowest BCUT2D eigenvalue weighted by Crippen LogP contribution is -2.16. The Bertz CT molecular complexity index is 560. The molecule has 0 heterocycles. The molecule has 0 aromatic heterocycles. The maximum atomic E-state index is 13.8. The zero-order chi connectivity index (χ0) is 13.8. The van der Waals surface area contributed by atoms with Gasteiger partial charge in [-0.3, -0.25) is 0 Å². The minimum absolute atomic E-state index is 0.191. The zero-order valence-electron chi connectivity index (χ0n) is 9.91. The average Bonchev–Trinajstić information content (AvgIpc) is 2.41. The second kappa shape index (κ2) is 6.50. The summed E-state index contributed by atoms with van der Waals surface area (Å²) in [4.78, 5) is 0. The SMILES string of the molecule is OCC(Nc1ccc(Br)cc1)c1cc(Br)ccc1F. The van der Waals surface area contributed by atoms with E-state index in [-0.39, 0.29) is 12.4 Å². The van der Waals surface area contributed by atoms with Crippen LogP contribution < -0.4 is 5.32 Å². The van der Waals surface area contributed by atoms with E-state index in [1.165, 1.54) is 6.07 Å². The van der Waals surface area contributed by atoms with Gasteiger partial charge in [-0.15, -0.1) is 0 Å². The van der Waals surface area contributed by atoms with Gasteiger partial charge in [0.2, 0.25) is 0 Å². The molecule has 2 nitrogen and oxygen atoms in total. The van der Waals surface area contributed by atoms with Crippen LogP contribution in [0.2, 0.25) is 0 Å². The van der Waals surface area contributed by atoms with E-state index in [2.05, 4.69) is 37.2 Å². The van der Waals surface area contributed by atoms with E-state index < -0.39 is 6.04 Å². The van der Waals surface area contributed by atoms with Crippen molar-refractivity contribution < 1.29 is 9.50 Å². The molecule has 2 aromatic rings. The van der Waals surface area contributed by atoms with Gasteiger partial charge in [-0.2, -0.15) is 0 Å². The largest absolute Gasteiger partial charge is 0.394 e. The molecule has 2 aromatic carbocycles. The molecule has 1 unspecified atom stereocenters. The van der Waals surface area contributed by atoms with Crippen LogP contribution in [0.15, 0.2) is 51.4 Å². The minimum Gasteiger partial charge on any atom is -0.394 e. The van der Waals surface area contributed by atoms with Crippen LogP contribution in [0.1, 0.15) is 11.6 Å². The van der Waals surface area contributed by atoms with Crippen LogP contribution in [0.25, 0.3) is 0 Å². The minimum atomic E-state index is -0.487. The third-order valence-electron chi connectivity index (χ3n) is 2.70. The van der Waals surface area contributed by atoms with Gasteiger partial charge in [0.05, 0.1) is 12.6 Å². The molecule has 0 bridgehead atoms. The quantitative estimate of drug-likeness (QED) is 0.808. The summed E-state index contributed by atoms with van der Waals surface area (Å²) in [5.41, 5.74) is 1.25. The summed E-state index contributed by atoms with van der Waals surface area (Å²) in [6.45, 7) is -0.191. The van der Waals surface area contributed by atoms with Gasteiger partial charge in [0, 0.05) is 20.2 Å². The summed E-state index contributed by atoms with van der Waals surface area (Å²) in [6, 6.07) is 11.7. The highest BCUT2D eigenvalue weighted by Crippen LogP contribution is 2.25. The monoisotopic (exact) mass is 387 g/mol. The summed E-state index contributed by atoms with van der Waals surface area (Å²) >= 11 is 6.66. The van der Waals surface area contributed by atoms with Gasteiger partial charge in [0.15, 0.2) is 0 Å². The first-order valence-electron chi connectivity index (χ1n) is 5.68. The Morgan fingerprint density at radius 1 is 1.05 bits per heavy atom. The number of anilines is 1. The van der Waals surface area contributed by atoms with Crippen molar-refractivity contribution in [1.29, 1.82) is 0 Å². The fraction of sp³-hybridized carbons (Fsp3) is 0.143. The van der Waals surface area contributed by atoms with Crippen LogP contribution >= 0.6 is 31.9 Å². The third-order valence-corrected chi connectivity index (χ3v) is 3.72. The Hall–Kier alpha value is -0.910. The Morgan fingerprint density at radius 2 is 1.68 bits per heavy atom. The molecule has 0 spiro atoms. The van der Waals surface area contributed by atoms with Crippen LogP contribution in [0, 0.1) is 5.82 Å². The fourth-order valence-corrected chi connectivity index (χ4v) is 2.39. The first kappa shape index (κ1) is 14.5. The van der Waals surface area contributed by atoms with Gasteiger partial charge < -0.3 is 10.4 Å². The standard InChI is InChI=1S/C14H12Br2FNO/c15-9-1-4-11(5-2-9)18-14(8-19)12-7-10(16)3-6-13(12)17/h1-7,14,18-19H,8H2. The highest BCUT2D eigenvalue weighted by molar-refractivity contribution is 9.10. The van der Waals surface area contributed by atoms with Crippen LogP contribution in [0.4, 0.5) is 10.1 Å². The molecule has 100 valence electrons. The smallest absolute Gasteiger partial charge is 0.128 e. The second-order valence-corrected chi connectivity index (χ2v) is 5.88. The Balaban J connectivity index is 2.24. The molecule has 19 heavy (non-hydrogen) atoms. The average molecular weight is 389 g/mol. The Kier molecular flexibility index (Phi) is 4.96. The van der Waals surface area contributed by atoms with E-state index in [1.807, 2.05) is 24.3 Å². The van der Waals surface area contributed by atoms with Crippen molar-refractivity contribution >= 4 is 37.5 Å². The van der Waals surface area contributed by atoms with Crippen molar-refractivity contribution in [3.63, 3.8) is 0 Å². The van der Waals surface area contributed by atoms with E-state index in [1.54, 1.807) is 12.1 Å². The molecular weight excluding hydrogens is 377 g/mol. The van der Waals surface area contributed by atoms with Gasteiger partial charge in [-0.05, 0) is 42.5 Å². The molecule has 0 aliphatic heterocycles. The lowest BCUT2D eigenvalue weighted by atomic mass is 10.1. The van der Waals surface area contributed by atoms with Crippen LogP contribution in [0.5, 0.6) is 0 Å².